The van der Waals surface area contributed by atoms with Gasteiger partial charge in [-0.1, -0.05) is 18.2 Å². The first-order valence-electron chi connectivity index (χ1n) is 8.04. The number of benzene rings is 1. The van der Waals surface area contributed by atoms with Gasteiger partial charge in [0.25, 0.3) is 0 Å². The van der Waals surface area contributed by atoms with Crippen LogP contribution in [-0.4, -0.2) is 33.0 Å². The highest BCUT2D eigenvalue weighted by Gasteiger charge is 2.40. The molecule has 7 heteroatoms. The van der Waals surface area contributed by atoms with Gasteiger partial charge in [0.2, 0.25) is 0 Å². The maximum Gasteiger partial charge on any atom is 0.192 e. The minimum atomic E-state index is -3.43. The van der Waals surface area contributed by atoms with E-state index in [9.17, 15) is 21.6 Å². The Bertz CT molecular complexity index is 932. The van der Waals surface area contributed by atoms with Gasteiger partial charge in [0.15, 0.2) is 14.9 Å². The van der Waals surface area contributed by atoms with Gasteiger partial charge in [0.1, 0.15) is 5.82 Å². The summed E-state index contributed by atoms with van der Waals surface area (Å²) in [6.45, 7) is -1.63. The van der Waals surface area contributed by atoms with E-state index in [1.165, 1.54) is 24.4 Å². The van der Waals surface area contributed by atoms with E-state index in [0.717, 1.165) is 11.8 Å². The highest BCUT2D eigenvalue weighted by Crippen LogP contribution is 2.50. The van der Waals surface area contributed by atoms with Crippen molar-refractivity contribution < 1.29 is 21.6 Å². The fourth-order valence-electron chi connectivity index (χ4n) is 3.23. The number of aromatic nitrogens is 1. The van der Waals surface area contributed by atoms with Gasteiger partial charge in [0, 0.05) is 17.9 Å². The average molecular weight is 381 g/mol. The predicted molar refractivity (Wildman–Crippen MR) is 94.2 cm³/mol. The zero-order chi connectivity index (χ0) is 18.9. The molecule has 0 N–H and O–H groups in total. The highest BCUT2D eigenvalue weighted by atomic mass is 32.2. The van der Waals surface area contributed by atoms with E-state index in [1.54, 1.807) is 18.2 Å². The van der Waals surface area contributed by atoms with Crippen molar-refractivity contribution in [1.29, 1.82) is 0 Å². The molecule has 0 bridgehead atoms. The van der Waals surface area contributed by atoms with Crippen molar-refractivity contribution in [2.75, 3.05) is 19.6 Å². The second kappa shape index (κ2) is 6.87. The lowest BCUT2D eigenvalue weighted by atomic mass is 9.85. The molecule has 1 aromatic heterocycles. The number of hydrogen-bond acceptors (Lipinski definition) is 3. The summed E-state index contributed by atoms with van der Waals surface area (Å²) in [6.07, 6.45) is 2.83. The zero-order valence-electron chi connectivity index (χ0n) is 14.2. The number of pyridine rings is 1. The molecule has 0 amide bonds. The van der Waals surface area contributed by atoms with Crippen LogP contribution >= 0.6 is 0 Å². The number of rotatable bonds is 5. The number of allylic oxidation sites excluding steroid dienone is 2. The standard InChI is InChI=1S/C19H18F3NO2S/c1-26(24,25)18-7-4-14(10-23-18)17-9-19(11-20,12-21)8-16(17)13-2-5-15(22)6-3-13/h2-7,10H,8-9,11-12H2,1H3. The maximum absolute atomic E-state index is 13.6. The van der Waals surface area contributed by atoms with Gasteiger partial charge in [-0.3, -0.25) is 8.78 Å². The molecular formula is C19H18F3NO2S. The Morgan fingerprint density at radius 1 is 0.962 bits per heavy atom. The summed E-state index contributed by atoms with van der Waals surface area (Å²) in [4.78, 5) is 3.97. The molecular weight excluding hydrogens is 363 g/mol. The van der Waals surface area contributed by atoms with E-state index in [4.69, 9.17) is 0 Å². The molecule has 0 atom stereocenters. The summed E-state index contributed by atoms with van der Waals surface area (Å²) in [6, 6.07) is 8.73. The van der Waals surface area contributed by atoms with Crippen LogP contribution in [0.15, 0.2) is 47.6 Å². The predicted octanol–water partition coefficient (Wildman–Crippen LogP) is 4.25. The van der Waals surface area contributed by atoms with Gasteiger partial charge in [-0.15, -0.1) is 0 Å². The molecule has 1 aliphatic rings. The molecule has 0 saturated carbocycles. The molecule has 0 aliphatic heterocycles. The van der Waals surface area contributed by atoms with Gasteiger partial charge < -0.3 is 0 Å². The van der Waals surface area contributed by atoms with Crippen molar-refractivity contribution in [2.24, 2.45) is 5.41 Å². The Morgan fingerprint density at radius 2 is 1.50 bits per heavy atom. The second-order valence-electron chi connectivity index (χ2n) is 6.74. The highest BCUT2D eigenvalue weighted by molar-refractivity contribution is 7.90. The monoisotopic (exact) mass is 381 g/mol. The molecule has 3 nitrogen and oxygen atoms in total. The Morgan fingerprint density at radius 3 is 1.96 bits per heavy atom. The third-order valence-corrected chi connectivity index (χ3v) is 5.69. The second-order valence-corrected chi connectivity index (χ2v) is 8.70. The smallest absolute Gasteiger partial charge is 0.192 e. The number of alkyl halides is 2. The van der Waals surface area contributed by atoms with Crippen molar-refractivity contribution in [3.63, 3.8) is 0 Å². The topological polar surface area (TPSA) is 47.0 Å². The molecule has 1 heterocycles. The molecule has 0 radical (unpaired) electrons. The van der Waals surface area contributed by atoms with Crippen LogP contribution in [0.2, 0.25) is 0 Å². The Kier molecular flexibility index (Phi) is 4.92. The third kappa shape index (κ3) is 3.53. The molecule has 0 unspecified atom stereocenters. The fourth-order valence-corrected chi connectivity index (χ4v) is 3.79. The van der Waals surface area contributed by atoms with E-state index >= 15 is 0 Å². The van der Waals surface area contributed by atoms with Crippen LogP contribution in [0.1, 0.15) is 24.0 Å². The van der Waals surface area contributed by atoms with E-state index in [1.807, 2.05) is 0 Å². The number of hydrogen-bond donors (Lipinski definition) is 0. The van der Waals surface area contributed by atoms with Crippen molar-refractivity contribution in [3.8, 4) is 0 Å². The minimum absolute atomic E-state index is 0.0644. The van der Waals surface area contributed by atoms with Crippen LogP contribution in [0.25, 0.3) is 11.1 Å². The SMILES string of the molecule is CS(=O)(=O)c1ccc(C2=C(c3ccc(F)cc3)CC(CF)(CF)C2)cn1. The summed E-state index contributed by atoms with van der Waals surface area (Å²) >= 11 is 0. The maximum atomic E-state index is 13.6. The van der Waals surface area contributed by atoms with E-state index < -0.39 is 34.4 Å². The lowest BCUT2D eigenvalue weighted by Crippen LogP contribution is -2.22. The van der Waals surface area contributed by atoms with E-state index in [2.05, 4.69) is 4.98 Å². The van der Waals surface area contributed by atoms with Crippen LogP contribution in [0.5, 0.6) is 0 Å². The first kappa shape index (κ1) is 18.6. The number of sulfone groups is 1. The number of nitrogens with zero attached hydrogens (tertiary/aromatic N) is 1. The van der Waals surface area contributed by atoms with Crippen LogP contribution in [0.4, 0.5) is 13.2 Å². The van der Waals surface area contributed by atoms with Crippen molar-refractivity contribution in [1.82, 2.24) is 4.98 Å². The van der Waals surface area contributed by atoms with E-state index in [-0.39, 0.29) is 17.9 Å². The van der Waals surface area contributed by atoms with Gasteiger partial charge in [0.05, 0.1) is 13.3 Å². The van der Waals surface area contributed by atoms with Gasteiger partial charge in [-0.25, -0.2) is 17.8 Å². The lowest BCUT2D eigenvalue weighted by molar-refractivity contribution is 0.170. The summed E-state index contributed by atoms with van der Waals surface area (Å²) in [5, 5.41) is -0.0644. The van der Waals surface area contributed by atoms with Gasteiger partial charge in [-0.05, 0) is 53.3 Å². The molecule has 0 spiro atoms. The van der Waals surface area contributed by atoms with Crippen LogP contribution in [0, 0.1) is 11.2 Å². The van der Waals surface area contributed by atoms with Crippen molar-refractivity contribution in [2.45, 2.75) is 17.9 Å². The minimum Gasteiger partial charge on any atom is -0.250 e. The van der Waals surface area contributed by atoms with Crippen LogP contribution in [-0.2, 0) is 9.84 Å². The lowest BCUT2D eigenvalue weighted by Gasteiger charge is -2.22. The zero-order valence-corrected chi connectivity index (χ0v) is 15.0. The first-order valence-corrected chi connectivity index (χ1v) is 9.93. The summed E-state index contributed by atoms with van der Waals surface area (Å²) < 4.78 is 63.6. The van der Waals surface area contributed by atoms with Gasteiger partial charge >= 0.3 is 0 Å². The molecule has 1 aliphatic carbocycles. The Hall–Kier alpha value is -2.15. The quantitative estimate of drug-likeness (QED) is 0.778. The largest absolute Gasteiger partial charge is 0.250 e. The van der Waals surface area contributed by atoms with Gasteiger partial charge in [-0.2, -0.15) is 0 Å². The molecule has 3 rings (SSSR count). The fraction of sp³-hybridized carbons (Fsp3) is 0.316. The third-order valence-electron chi connectivity index (χ3n) is 4.69. The normalized spacial score (nSPS) is 16.9. The number of halogens is 3. The Labute approximate surface area is 150 Å². The first-order chi connectivity index (χ1) is 12.3. The summed E-state index contributed by atoms with van der Waals surface area (Å²) in [7, 11) is -3.43. The summed E-state index contributed by atoms with van der Waals surface area (Å²) in [5.41, 5.74) is 1.60. The molecule has 2 aromatic rings. The van der Waals surface area contributed by atoms with Crippen LogP contribution in [0.3, 0.4) is 0 Å². The summed E-state index contributed by atoms with van der Waals surface area (Å²) in [5.74, 6) is -0.393. The Balaban J connectivity index is 2.09. The average Bonchev–Trinajstić information content (AvgIpc) is 3.02. The van der Waals surface area contributed by atoms with E-state index in [0.29, 0.717) is 16.7 Å². The van der Waals surface area contributed by atoms with Crippen LogP contribution < -0.4 is 0 Å². The van der Waals surface area contributed by atoms with Crippen molar-refractivity contribution >= 4 is 21.0 Å². The molecule has 0 saturated heterocycles. The molecule has 0 fully saturated rings. The van der Waals surface area contributed by atoms with Crippen molar-refractivity contribution in [3.05, 3.63) is 59.5 Å². The molecule has 1 aromatic carbocycles. The molecule has 26 heavy (non-hydrogen) atoms. The molecule has 138 valence electrons.